The molecule has 0 radical (unpaired) electrons. The topological polar surface area (TPSA) is 37.4 Å². The van der Waals surface area contributed by atoms with E-state index in [0.29, 0.717) is 17.3 Å². The van der Waals surface area contributed by atoms with Crippen molar-refractivity contribution in [1.82, 2.24) is 0 Å². The lowest BCUT2D eigenvalue weighted by Gasteiger charge is -2.32. The van der Waals surface area contributed by atoms with E-state index in [1.54, 1.807) is 24.3 Å². The lowest BCUT2D eigenvalue weighted by Crippen LogP contribution is -2.33. The average Bonchev–Trinajstić information content (AvgIpc) is 2.61. The van der Waals surface area contributed by atoms with E-state index in [2.05, 4.69) is 0 Å². The molecule has 0 spiro atoms. The van der Waals surface area contributed by atoms with E-state index < -0.39 is 10.0 Å². The molecule has 3 aromatic rings. The van der Waals surface area contributed by atoms with Gasteiger partial charge in [-0.15, -0.1) is 0 Å². The maximum Gasteiger partial charge on any atom is 0.264 e. The van der Waals surface area contributed by atoms with Crippen LogP contribution in [0.15, 0.2) is 65.6 Å². The molecule has 0 amide bonds. The van der Waals surface area contributed by atoms with Gasteiger partial charge >= 0.3 is 0 Å². The van der Waals surface area contributed by atoms with E-state index >= 15 is 0 Å². The van der Waals surface area contributed by atoms with Gasteiger partial charge in [-0.05, 0) is 49.2 Å². The second-order valence-corrected chi connectivity index (χ2v) is 8.95. The maximum absolute atomic E-state index is 13.4. The number of sulfonamides is 1. The summed E-state index contributed by atoms with van der Waals surface area (Å²) in [5, 5.41) is 0.517. The molecule has 4 rings (SSSR count). The Labute approximate surface area is 158 Å². The van der Waals surface area contributed by atoms with Crippen LogP contribution in [0.2, 0.25) is 5.02 Å². The van der Waals surface area contributed by atoms with Gasteiger partial charge in [0.15, 0.2) is 0 Å². The third-order valence-corrected chi connectivity index (χ3v) is 6.71. The molecule has 0 saturated heterocycles. The minimum atomic E-state index is -3.69. The number of benzene rings is 3. The lowest BCUT2D eigenvalue weighted by atomic mass is 9.93. The highest BCUT2D eigenvalue weighted by Crippen LogP contribution is 2.43. The van der Waals surface area contributed by atoms with Gasteiger partial charge in [0.2, 0.25) is 0 Å². The van der Waals surface area contributed by atoms with Crippen molar-refractivity contribution in [3.8, 4) is 11.1 Å². The molecule has 3 nitrogen and oxygen atoms in total. The number of fused-ring (bicyclic) bond motifs is 3. The number of hydrogen-bond acceptors (Lipinski definition) is 2. The van der Waals surface area contributed by atoms with Crippen molar-refractivity contribution in [3.05, 3.63) is 82.4 Å². The molecule has 0 saturated carbocycles. The molecule has 0 N–H and O–H groups in total. The van der Waals surface area contributed by atoms with Gasteiger partial charge in [0.1, 0.15) is 0 Å². The summed E-state index contributed by atoms with van der Waals surface area (Å²) in [6, 6.07) is 18.5. The van der Waals surface area contributed by atoms with Crippen LogP contribution in [-0.2, 0) is 16.6 Å². The minimum absolute atomic E-state index is 0.283. The Kier molecular flexibility index (Phi) is 4.05. The van der Waals surface area contributed by atoms with Crippen LogP contribution in [-0.4, -0.2) is 8.42 Å². The fraction of sp³-hybridized carbons (Fsp3) is 0.143. The average molecular weight is 384 g/mol. The summed E-state index contributed by atoms with van der Waals surface area (Å²) >= 11 is 6.19. The van der Waals surface area contributed by atoms with Gasteiger partial charge in [0.05, 0.1) is 17.1 Å². The van der Waals surface area contributed by atoms with Crippen LogP contribution in [0.3, 0.4) is 0 Å². The summed E-state index contributed by atoms with van der Waals surface area (Å²) < 4.78 is 28.2. The van der Waals surface area contributed by atoms with Crippen molar-refractivity contribution < 1.29 is 8.42 Å². The molecule has 1 aliphatic rings. The molecule has 26 heavy (non-hydrogen) atoms. The van der Waals surface area contributed by atoms with Gasteiger partial charge in [-0.1, -0.05) is 59.1 Å². The smallest absolute Gasteiger partial charge is 0.261 e. The summed E-state index contributed by atoms with van der Waals surface area (Å²) in [5.41, 5.74) is 5.68. The maximum atomic E-state index is 13.4. The quantitative estimate of drug-likeness (QED) is 0.599. The van der Waals surface area contributed by atoms with Gasteiger partial charge in [-0.25, -0.2) is 8.42 Å². The SMILES string of the molecule is Cc1ccc(S(=O)(=O)N2Cc3cc(C)ccc3-c3ccc(Cl)cc32)cc1. The molecule has 1 aliphatic heterocycles. The molecule has 0 aliphatic carbocycles. The minimum Gasteiger partial charge on any atom is -0.261 e. The fourth-order valence-electron chi connectivity index (χ4n) is 3.35. The Morgan fingerprint density at radius 3 is 2.23 bits per heavy atom. The monoisotopic (exact) mass is 383 g/mol. The van der Waals surface area contributed by atoms with Gasteiger partial charge in [-0.3, -0.25) is 4.31 Å². The van der Waals surface area contributed by atoms with E-state index in [0.717, 1.165) is 27.8 Å². The van der Waals surface area contributed by atoms with Gasteiger partial charge in [0, 0.05) is 10.6 Å². The first-order valence-electron chi connectivity index (χ1n) is 8.35. The lowest BCUT2D eigenvalue weighted by molar-refractivity contribution is 0.590. The van der Waals surface area contributed by atoms with Gasteiger partial charge in [-0.2, -0.15) is 0 Å². The van der Waals surface area contributed by atoms with Crippen LogP contribution < -0.4 is 4.31 Å². The van der Waals surface area contributed by atoms with Crippen molar-refractivity contribution in [2.24, 2.45) is 0 Å². The standard InChI is InChI=1S/C21H18ClNO2S/c1-14-3-7-18(8-4-14)26(24,25)23-13-16-11-15(2)5-9-19(16)20-10-6-17(22)12-21(20)23/h3-12H,13H2,1-2H3. The summed E-state index contributed by atoms with van der Waals surface area (Å²) in [7, 11) is -3.69. The molecule has 3 aromatic carbocycles. The molecule has 0 atom stereocenters. The number of hydrogen-bond donors (Lipinski definition) is 0. The Morgan fingerprint density at radius 2 is 1.50 bits per heavy atom. The highest BCUT2D eigenvalue weighted by molar-refractivity contribution is 7.92. The Balaban J connectivity index is 1.93. The van der Waals surface area contributed by atoms with Crippen LogP contribution in [0.25, 0.3) is 11.1 Å². The summed E-state index contributed by atoms with van der Waals surface area (Å²) in [6.07, 6.45) is 0. The summed E-state index contributed by atoms with van der Waals surface area (Å²) in [5.74, 6) is 0. The van der Waals surface area contributed by atoms with E-state index in [4.69, 9.17) is 11.6 Å². The largest absolute Gasteiger partial charge is 0.264 e. The van der Waals surface area contributed by atoms with Crippen molar-refractivity contribution in [2.45, 2.75) is 25.3 Å². The molecular formula is C21H18ClNO2S. The predicted molar refractivity (Wildman–Crippen MR) is 106 cm³/mol. The number of rotatable bonds is 2. The Bertz CT molecular complexity index is 1110. The van der Waals surface area contributed by atoms with Crippen LogP contribution in [0, 0.1) is 13.8 Å². The van der Waals surface area contributed by atoms with Crippen LogP contribution in [0.5, 0.6) is 0 Å². The van der Waals surface area contributed by atoms with Crippen LogP contribution >= 0.6 is 11.6 Å². The van der Waals surface area contributed by atoms with Crippen molar-refractivity contribution in [3.63, 3.8) is 0 Å². The molecule has 1 heterocycles. The third-order valence-electron chi connectivity index (χ3n) is 4.70. The van der Waals surface area contributed by atoms with Crippen molar-refractivity contribution >= 4 is 27.3 Å². The predicted octanol–water partition coefficient (Wildman–Crippen LogP) is 5.33. The first-order valence-corrected chi connectivity index (χ1v) is 10.2. The number of anilines is 1. The molecular weight excluding hydrogens is 366 g/mol. The molecule has 0 fully saturated rings. The highest BCUT2D eigenvalue weighted by atomic mass is 35.5. The third kappa shape index (κ3) is 2.79. The van der Waals surface area contributed by atoms with E-state index in [1.807, 2.05) is 50.2 Å². The molecule has 0 bridgehead atoms. The fourth-order valence-corrected chi connectivity index (χ4v) is 4.97. The first kappa shape index (κ1) is 17.1. The zero-order chi connectivity index (χ0) is 18.5. The first-order chi connectivity index (χ1) is 12.4. The number of nitrogens with zero attached hydrogens (tertiary/aromatic N) is 1. The van der Waals surface area contributed by atoms with E-state index in [1.165, 1.54) is 4.31 Å². The Morgan fingerprint density at radius 1 is 0.846 bits per heavy atom. The van der Waals surface area contributed by atoms with Crippen molar-refractivity contribution in [2.75, 3.05) is 4.31 Å². The molecule has 0 aromatic heterocycles. The van der Waals surface area contributed by atoms with Gasteiger partial charge < -0.3 is 0 Å². The molecule has 5 heteroatoms. The normalized spacial score (nSPS) is 13.3. The number of halogens is 1. The highest BCUT2D eigenvalue weighted by Gasteiger charge is 2.31. The van der Waals surface area contributed by atoms with Crippen LogP contribution in [0.4, 0.5) is 5.69 Å². The molecule has 132 valence electrons. The van der Waals surface area contributed by atoms with Crippen LogP contribution in [0.1, 0.15) is 16.7 Å². The number of aryl methyl sites for hydroxylation is 2. The van der Waals surface area contributed by atoms with E-state index in [-0.39, 0.29) is 4.90 Å². The zero-order valence-electron chi connectivity index (χ0n) is 14.5. The van der Waals surface area contributed by atoms with Crippen molar-refractivity contribution in [1.29, 1.82) is 0 Å². The summed E-state index contributed by atoms with van der Waals surface area (Å²) in [6.45, 7) is 4.24. The summed E-state index contributed by atoms with van der Waals surface area (Å²) in [4.78, 5) is 0.283. The second kappa shape index (κ2) is 6.15. The van der Waals surface area contributed by atoms with Gasteiger partial charge in [0.25, 0.3) is 10.0 Å². The second-order valence-electron chi connectivity index (χ2n) is 6.65. The van der Waals surface area contributed by atoms with E-state index in [9.17, 15) is 8.42 Å². The molecule has 0 unspecified atom stereocenters. The zero-order valence-corrected chi connectivity index (χ0v) is 16.1. The Hall–Kier alpha value is -2.30.